The fourth-order valence-corrected chi connectivity index (χ4v) is 2.64. The molecule has 1 unspecified atom stereocenters. The third kappa shape index (κ3) is 3.58. The number of nitrogens with two attached hydrogens (primary N) is 1. The van der Waals surface area contributed by atoms with Crippen molar-refractivity contribution in [2.75, 3.05) is 11.9 Å². The maximum atomic E-state index is 6.25. The molecular formula is C18H23ClN2. The van der Waals surface area contributed by atoms with E-state index in [-0.39, 0.29) is 12.1 Å². The highest BCUT2D eigenvalue weighted by Gasteiger charge is 2.17. The normalized spacial score (nSPS) is 13.8. The third-order valence-corrected chi connectivity index (χ3v) is 4.34. The van der Waals surface area contributed by atoms with E-state index in [9.17, 15) is 0 Å². The van der Waals surface area contributed by atoms with Gasteiger partial charge in [-0.1, -0.05) is 48.9 Å². The monoisotopic (exact) mass is 302 g/mol. The third-order valence-electron chi connectivity index (χ3n) is 4.09. The lowest BCUT2D eigenvalue weighted by Gasteiger charge is -2.30. The van der Waals surface area contributed by atoms with Crippen LogP contribution in [0, 0.1) is 0 Å². The molecule has 0 aliphatic rings. The van der Waals surface area contributed by atoms with Crippen LogP contribution in [0.25, 0.3) is 0 Å². The topological polar surface area (TPSA) is 29.3 Å². The first kappa shape index (κ1) is 15.9. The second-order valence-corrected chi connectivity index (χ2v) is 5.85. The Morgan fingerprint density at radius 3 is 2.33 bits per heavy atom. The van der Waals surface area contributed by atoms with Crippen molar-refractivity contribution in [3.05, 3.63) is 64.7 Å². The molecule has 21 heavy (non-hydrogen) atoms. The van der Waals surface area contributed by atoms with Crippen LogP contribution in [0.4, 0.5) is 5.69 Å². The molecule has 0 aromatic heterocycles. The molecule has 0 radical (unpaired) electrons. The SMILES string of the molecule is CC[C@@H](N)c1ccccc1N(C)C(C)c1ccc(Cl)cc1. The molecule has 0 aliphatic heterocycles. The van der Waals surface area contributed by atoms with Gasteiger partial charge in [-0.15, -0.1) is 0 Å². The maximum Gasteiger partial charge on any atom is 0.0511 e. The number of nitrogens with zero attached hydrogens (tertiary/aromatic N) is 1. The van der Waals surface area contributed by atoms with Crippen LogP contribution in [0.15, 0.2) is 48.5 Å². The predicted octanol–water partition coefficient (Wildman–Crippen LogP) is 4.95. The molecule has 112 valence electrons. The lowest BCUT2D eigenvalue weighted by molar-refractivity contribution is 0.679. The van der Waals surface area contributed by atoms with Gasteiger partial charge in [0.1, 0.15) is 0 Å². The van der Waals surface area contributed by atoms with E-state index in [1.165, 1.54) is 16.8 Å². The zero-order valence-electron chi connectivity index (χ0n) is 12.9. The van der Waals surface area contributed by atoms with Gasteiger partial charge < -0.3 is 10.6 Å². The summed E-state index contributed by atoms with van der Waals surface area (Å²) in [5, 5.41) is 0.766. The Morgan fingerprint density at radius 1 is 1.10 bits per heavy atom. The van der Waals surface area contributed by atoms with Gasteiger partial charge in [-0.25, -0.2) is 0 Å². The molecular weight excluding hydrogens is 280 g/mol. The fraction of sp³-hybridized carbons (Fsp3) is 0.333. The summed E-state index contributed by atoms with van der Waals surface area (Å²) in [7, 11) is 2.11. The zero-order chi connectivity index (χ0) is 15.4. The predicted molar refractivity (Wildman–Crippen MR) is 91.9 cm³/mol. The van der Waals surface area contributed by atoms with Gasteiger partial charge in [-0.05, 0) is 42.7 Å². The van der Waals surface area contributed by atoms with E-state index in [2.05, 4.69) is 62.2 Å². The summed E-state index contributed by atoms with van der Waals surface area (Å²) in [6.45, 7) is 4.31. The van der Waals surface area contributed by atoms with Crippen LogP contribution < -0.4 is 10.6 Å². The van der Waals surface area contributed by atoms with Crippen molar-refractivity contribution in [3.63, 3.8) is 0 Å². The van der Waals surface area contributed by atoms with Crippen molar-refractivity contribution < 1.29 is 0 Å². The number of hydrogen-bond donors (Lipinski definition) is 1. The number of hydrogen-bond acceptors (Lipinski definition) is 2. The van der Waals surface area contributed by atoms with Crippen LogP contribution >= 0.6 is 11.6 Å². The van der Waals surface area contributed by atoms with E-state index in [1.54, 1.807) is 0 Å². The summed E-state index contributed by atoms with van der Waals surface area (Å²) in [4.78, 5) is 2.27. The number of halogens is 1. The molecule has 2 aromatic rings. The van der Waals surface area contributed by atoms with Crippen LogP contribution in [-0.2, 0) is 0 Å². The Balaban J connectivity index is 2.31. The second kappa shape index (κ2) is 6.97. The van der Waals surface area contributed by atoms with Gasteiger partial charge in [0.2, 0.25) is 0 Å². The molecule has 3 heteroatoms. The average Bonchev–Trinajstić information content (AvgIpc) is 2.53. The molecule has 0 fully saturated rings. The van der Waals surface area contributed by atoms with Crippen molar-refractivity contribution >= 4 is 17.3 Å². The van der Waals surface area contributed by atoms with Crippen molar-refractivity contribution in [1.29, 1.82) is 0 Å². The van der Waals surface area contributed by atoms with Gasteiger partial charge in [0.05, 0.1) is 6.04 Å². The fourth-order valence-electron chi connectivity index (χ4n) is 2.52. The zero-order valence-corrected chi connectivity index (χ0v) is 13.6. The van der Waals surface area contributed by atoms with E-state index in [0.717, 1.165) is 11.4 Å². The number of para-hydroxylation sites is 1. The highest BCUT2D eigenvalue weighted by Crippen LogP contribution is 2.31. The largest absolute Gasteiger partial charge is 0.368 e. The van der Waals surface area contributed by atoms with Gasteiger partial charge in [0.15, 0.2) is 0 Å². The minimum Gasteiger partial charge on any atom is -0.368 e. The van der Waals surface area contributed by atoms with E-state index in [4.69, 9.17) is 17.3 Å². The smallest absolute Gasteiger partial charge is 0.0511 e. The molecule has 0 heterocycles. The summed E-state index contributed by atoms with van der Waals surface area (Å²) in [6.07, 6.45) is 0.931. The van der Waals surface area contributed by atoms with Crippen LogP contribution in [0.5, 0.6) is 0 Å². The Labute approximate surface area is 132 Å². The maximum absolute atomic E-state index is 6.25. The van der Waals surface area contributed by atoms with Crippen molar-refractivity contribution in [2.24, 2.45) is 5.73 Å². The molecule has 0 aliphatic carbocycles. The van der Waals surface area contributed by atoms with E-state index in [0.29, 0.717) is 0 Å². The molecule has 2 rings (SSSR count). The van der Waals surface area contributed by atoms with Crippen molar-refractivity contribution in [2.45, 2.75) is 32.4 Å². The minimum atomic E-state index is 0.0704. The molecule has 0 bridgehead atoms. The number of rotatable bonds is 5. The summed E-state index contributed by atoms with van der Waals surface area (Å²) in [5.74, 6) is 0. The quantitative estimate of drug-likeness (QED) is 0.847. The highest BCUT2D eigenvalue weighted by molar-refractivity contribution is 6.30. The van der Waals surface area contributed by atoms with E-state index >= 15 is 0 Å². The first-order valence-electron chi connectivity index (χ1n) is 7.37. The lowest BCUT2D eigenvalue weighted by Crippen LogP contribution is -2.24. The Kier molecular flexibility index (Phi) is 5.27. The van der Waals surface area contributed by atoms with Gasteiger partial charge in [-0.2, -0.15) is 0 Å². The van der Waals surface area contributed by atoms with Crippen molar-refractivity contribution in [1.82, 2.24) is 0 Å². The Bertz CT molecular complexity index is 580. The Morgan fingerprint density at radius 2 is 1.71 bits per heavy atom. The Hall–Kier alpha value is -1.51. The van der Waals surface area contributed by atoms with Crippen LogP contribution in [0.3, 0.4) is 0 Å². The molecule has 2 nitrogen and oxygen atoms in total. The van der Waals surface area contributed by atoms with Gasteiger partial charge in [0.25, 0.3) is 0 Å². The van der Waals surface area contributed by atoms with Crippen LogP contribution in [0.2, 0.25) is 5.02 Å². The summed E-state index contributed by atoms with van der Waals surface area (Å²) in [6, 6.07) is 16.7. The highest BCUT2D eigenvalue weighted by atomic mass is 35.5. The van der Waals surface area contributed by atoms with Gasteiger partial charge >= 0.3 is 0 Å². The van der Waals surface area contributed by atoms with Crippen molar-refractivity contribution in [3.8, 4) is 0 Å². The molecule has 0 saturated heterocycles. The lowest BCUT2D eigenvalue weighted by atomic mass is 10.0. The molecule has 0 saturated carbocycles. The first-order chi connectivity index (χ1) is 10.0. The molecule has 2 N–H and O–H groups in total. The summed E-state index contributed by atoms with van der Waals surface area (Å²) in [5.41, 5.74) is 9.87. The first-order valence-corrected chi connectivity index (χ1v) is 7.75. The van der Waals surface area contributed by atoms with Crippen LogP contribution in [0.1, 0.15) is 43.5 Å². The summed E-state index contributed by atoms with van der Waals surface area (Å²) < 4.78 is 0. The number of anilines is 1. The number of benzene rings is 2. The standard InChI is InChI=1S/C18H23ClN2/c1-4-17(20)16-7-5-6-8-18(16)21(3)13(2)14-9-11-15(19)12-10-14/h5-13,17H,4,20H2,1-3H3/t13?,17-/m1/s1. The average molecular weight is 303 g/mol. The van der Waals surface area contributed by atoms with E-state index in [1.807, 2.05) is 12.1 Å². The molecule has 2 atom stereocenters. The van der Waals surface area contributed by atoms with Crippen LogP contribution in [-0.4, -0.2) is 7.05 Å². The molecule has 0 amide bonds. The van der Waals surface area contributed by atoms with E-state index < -0.39 is 0 Å². The molecule has 0 spiro atoms. The van der Waals surface area contributed by atoms with Gasteiger partial charge in [-0.3, -0.25) is 0 Å². The minimum absolute atomic E-state index is 0.0704. The molecule has 2 aromatic carbocycles. The summed E-state index contributed by atoms with van der Waals surface area (Å²) >= 11 is 5.97. The van der Waals surface area contributed by atoms with Gasteiger partial charge in [0, 0.05) is 23.8 Å². The second-order valence-electron chi connectivity index (χ2n) is 5.41.